The minimum absolute atomic E-state index is 0.380. The molecule has 0 heterocycles. The third-order valence-corrected chi connectivity index (χ3v) is 6.06. The van der Waals surface area contributed by atoms with E-state index in [9.17, 15) is 8.42 Å². The second-order valence-corrected chi connectivity index (χ2v) is 7.83. The van der Waals surface area contributed by atoms with Gasteiger partial charge in [-0.2, -0.15) is 0 Å². The minimum Gasteiger partial charge on any atom is -0.384 e. The molecule has 1 aromatic rings. The molecular weight excluding hydrogens is 284 g/mol. The van der Waals surface area contributed by atoms with Crippen molar-refractivity contribution in [2.45, 2.75) is 43.9 Å². The number of nitrogens with zero attached hydrogens (tertiary/aromatic N) is 1. The van der Waals surface area contributed by atoms with Gasteiger partial charge in [-0.15, -0.1) is 0 Å². The number of rotatable bonds is 6. The van der Waals surface area contributed by atoms with Crippen molar-refractivity contribution in [3.63, 3.8) is 0 Å². The summed E-state index contributed by atoms with van der Waals surface area (Å²) in [7, 11) is -1.72. The smallest absolute Gasteiger partial charge is 0.244 e. The maximum Gasteiger partial charge on any atom is 0.244 e. The number of hydrogen-bond acceptors (Lipinski definition) is 3. The Kier molecular flexibility index (Phi) is 5.65. The van der Waals surface area contributed by atoms with Crippen LogP contribution in [0.15, 0.2) is 29.2 Å². The van der Waals surface area contributed by atoms with Crippen molar-refractivity contribution < 1.29 is 8.42 Å². The lowest BCUT2D eigenvalue weighted by Crippen LogP contribution is -2.33. The summed E-state index contributed by atoms with van der Waals surface area (Å²) < 4.78 is 27.1. The molecule has 0 atom stereocenters. The number of benzene rings is 1. The highest BCUT2D eigenvalue weighted by molar-refractivity contribution is 7.89. The fourth-order valence-corrected chi connectivity index (χ4v) is 4.44. The van der Waals surface area contributed by atoms with Gasteiger partial charge >= 0.3 is 0 Å². The molecule has 1 aliphatic rings. The van der Waals surface area contributed by atoms with Crippen molar-refractivity contribution in [2.75, 3.05) is 25.5 Å². The number of para-hydroxylation sites is 1. The van der Waals surface area contributed by atoms with Crippen LogP contribution in [0.4, 0.5) is 5.69 Å². The van der Waals surface area contributed by atoms with E-state index in [2.05, 4.69) is 5.32 Å². The van der Waals surface area contributed by atoms with Gasteiger partial charge in [-0.05, 0) is 37.8 Å². The lowest BCUT2D eigenvalue weighted by molar-refractivity contribution is 0.300. The monoisotopic (exact) mass is 310 g/mol. The van der Waals surface area contributed by atoms with Crippen LogP contribution in [0.5, 0.6) is 0 Å². The van der Waals surface area contributed by atoms with Gasteiger partial charge in [-0.3, -0.25) is 0 Å². The van der Waals surface area contributed by atoms with Crippen molar-refractivity contribution in [3.05, 3.63) is 24.3 Å². The Morgan fingerprint density at radius 1 is 1.19 bits per heavy atom. The Balaban J connectivity index is 2.16. The van der Waals surface area contributed by atoms with Gasteiger partial charge in [0, 0.05) is 20.1 Å². The molecule has 1 aromatic carbocycles. The van der Waals surface area contributed by atoms with Crippen LogP contribution in [-0.4, -0.2) is 32.9 Å². The summed E-state index contributed by atoms with van der Waals surface area (Å²) in [4.78, 5) is 0.380. The predicted molar refractivity (Wildman–Crippen MR) is 87.0 cm³/mol. The van der Waals surface area contributed by atoms with E-state index >= 15 is 0 Å². The zero-order valence-electron chi connectivity index (χ0n) is 13.0. The molecule has 0 spiro atoms. The highest BCUT2D eigenvalue weighted by atomic mass is 32.2. The lowest BCUT2D eigenvalue weighted by Gasteiger charge is -2.27. The summed E-state index contributed by atoms with van der Waals surface area (Å²) in [5.41, 5.74) is 0.690. The van der Waals surface area contributed by atoms with E-state index < -0.39 is 10.0 Å². The van der Waals surface area contributed by atoms with E-state index in [0.29, 0.717) is 29.6 Å². The Morgan fingerprint density at radius 3 is 2.52 bits per heavy atom. The first-order valence-corrected chi connectivity index (χ1v) is 9.29. The highest BCUT2D eigenvalue weighted by Gasteiger charge is 2.26. The van der Waals surface area contributed by atoms with Crippen LogP contribution in [-0.2, 0) is 10.0 Å². The summed E-state index contributed by atoms with van der Waals surface area (Å²) in [6.45, 7) is 3.30. The third-order valence-electron chi connectivity index (χ3n) is 4.18. The van der Waals surface area contributed by atoms with Crippen molar-refractivity contribution in [3.8, 4) is 0 Å². The number of hydrogen-bond donors (Lipinski definition) is 1. The van der Waals surface area contributed by atoms with Crippen molar-refractivity contribution in [1.82, 2.24) is 4.31 Å². The molecule has 1 fully saturated rings. The second-order valence-electron chi connectivity index (χ2n) is 5.82. The molecular formula is C16H26N2O2S. The fraction of sp³-hybridized carbons (Fsp3) is 0.625. The van der Waals surface area contributed by atoms with Gasteiger partial charge in [0.2, 0.25) is 10.0 Å². The average molecular weight is 310 g/mol. The van der Waals surface area contributed by atoms with E-state index in [-0.39, 0.29) is 0 Å². The van der Waals surface area contributed by atoms with Crippen molar-refractivity contribution in [1.29, 1.82) is 0 Å². The average Bonchev–Trinajstić information content (AvgIpc) is 2.49. The van der Waals surface area contributed by atoms with Gasteiger partial charge in [-0.1, -0.05) is 31.4 Å². The van der Waals surface area contributed by atoms with Gasteiger partial charge in [0.25, 0.3) is 0 Å². The fourth-order valence-electron chi connectivity index (χ4n) is 3.03. The Labute approximate surface area is 128 Å². The number of anilines is 1. The van der Waals surface area contributed by atoms with Gasteiger partial charge in [-0.25, -0.2) is 12.7 Å². The SMILES string of the molecule is CCNc1ccccc1S(=O)(=O)N(C)CC1CCCCC1. The molecule has 0 saturated heterocycles. The quantitative estimate of drug-likeness (QED) is 0.877. The van der Waals surface area contributed by atoms with Crippen molar-refractivity contribution in [2.24, 2.45) is 5.92 Å². The standard InChI is InChI=1S/C16H26N2O2S/c1-3-17-15-11-7-8-12-16(15)21(19,20)18(2)13-14-9-5-4-6-10-14/h7-8,11-12,14,17H,3-6,9-10,13H2,1-2H3. The Bertz CT molecular complexity index is 551. The van der Waals surface area contributed by atoms with Crippen LogP contribution in [0.25, 0.3) is 0 Å². The van der Waals surface area contributed by atoms with E-state index in [1.54, 1.807) is 19.2 Å². The minimum atomic E-state index is -3.42. The maximum atomic E-state index is 12.8. The molecule has 0 bridgehead atoms. The summed E-state index contributed by atoms with van der Waals surface area (Å²) in [6, 6.07) is 7.15. The zero-order chi connectivity index (χ0) is 15.3. The molecule has 5 heteroatoms. The Morgan fingerprint density at radius 2 is 1.86 bits per heavy atom. The third kappa shape index (κ3) is 3.98. The molecule has 4 nitrogen and oxygen atoms in total. The van der Waals surface area contributed by atoms with Crippen LogP contribution in [0.3, 0.4) is 0 Å². The molecule has 0 radical (unpaired) electrons. The van der Waals surface area contributed by atoms with E-state index in [1.165, 1.54) is 23.6 Å². The van der Waals surface area contributed by atoms with E-state index in [0.717, 1.165) is 12.8 Å². The molecule has 0 aromatic heterocycles. The molecule has 0 unspecified atom stereocenters. The highest BCUT2D eigenvalue weighted by Crippen LogP contribution is 2.28. The largest absolute Gasteiger partial charge is 0.384 e. The van der Waals surface area contributed by atoms with E-state index in [1.807, 2.05) is 19.1 Å². The summed E-state index contributed by atoms with van der Waals surface area (Å²) >= 11 is 0. The molecule has 1 N–H and O–H groups in total. The first kappa shape index (κ1) is 16.3. The van der Waals surface area contributed by atoms with Gasteiger partial charge < -0.3 is 5.32 Å². The molecule has 1 aliphatic carbocycles. The maximum absolute atomic E-state index is 12.8. The number of sulfonamides is 1. The molecule has 118 valence electrons. The topological polar surface area (TPSA) is 49.4 Å². The van der Waals surface area contributed by atoms with Crippen LogP contribution >= 0.6 is 0 Å². The summed E-state index contributed by atoms with van der Waals surface area (Å²) in [6.07, 6.45) is 6.04. The Hall–Kier alpha value is -1.07. The lowest BCUT2D eigenvalue weighted by atomic mass is 9.89. The van der Waals surface area contributed by atoms with Crippen LogP contribution in [0.2, 0.25) is 0 Å². The van der Waals surface area contributed by atoms with Gasteiger partial charge in [0.1, 0.15) is 4.90 Å². The zero-order valence-corrected chi connectivity index (χ0v) is 13.8. The molecule has 21 heavy (non-hydrogen) atoms. The normalized spacial score (nSPS) is 17.1. The molecule has 0 aliphatic heterocycles. The first-order valence-electron chi connectivity index (χ1n) is 7.85. The summed E-state index contributed by atoms with van der Waals surface area (Å²) in [5.74, 6) is 0.504. The molecule has 0 amide bonds. The summed E-state index contributed by atoms with van der Waals surface area (Å²) in [5, 5.41) is 3.13. The van der Waals surface area contributed by atoms with Crippen LogP contribution in [0.1, 0.15) is 39.0 Å². The number of nitrogens with one attached hydrogen (secondary N) is 1. The van der Waals surface area contributed by atoms with Crippen LogP contribution in [0, 0.1) is 5.92 Å². The van der Waals surface area contributed by atoms with E-state index in [4.69, 9.17) is 0 Å². The van der Waals surface area contributed by atoms with Gasteiger partial charge in [0.15, 0.2) is 0 Å². The van der Waals surface area contributed by atoms with Crippen molar-refractivity contribution >= 4 is 15.7 Å². The first-order chi connectivity index (χ1) is 10.1. The predicted octanol–water partition coefficient (Wildman–Crippen LogP) is 3.32. The van der Waals surface area contributed by atoms with Gasteiger partial charge in [0.05, 0.1) is 5.69 Å². The molecule has 1 saturated carbocycles. The molecule has 2 rings (SSSR count). The second kappa shape index (κ2) is 7.27. The van der Waals surface area contributed by atoms with Crippen LogP contribution < -0.4 is 5.32 Å².